The third kappa shape index (κ3) is 4.05. The fourth-order valence-corrected chi connectivity index (χ4v) is 4.03. The van der Waals surface area contributed by atoms with E-state index in [4.69, 9.17) is 11.6 Å². The zero-order chi connectivity index (χ0) is 21.5. The molecule has 1 aromatic carbocycles. The van der Waals surface area contributed by atoms with E-state index >= 15 is 0 Å². The molecule has 9 nitrogen and oxygen atoms in total. The first-order chi connectivity index (χ1) is 15.0. The van der Waals surface area contributed by atoms with Crippen molar-refractivity contribution in [2.75, 3.05) is 11.9 Å². The highest BCUT2D eigenvalue weighted by molar-refractivity contribution is 6.30. The topological polar surface area (TPSA) is 97.9 Å². The molecule has 1 N–H and O–H groups in total. The summed E-state index contributed by atoms with van der Waals surface area (Å²) in [4.78, 5) is 31.3. The van der Waals surface area contributed by atoms with Gasteiger partial charge in [0.1, 0.15) is 18.2 Å². The maximum absolute atomic E-state index is 13.0. The molecule has 2 aromatic heterocycles. The van der Waals surface area contributed by atoms with E-state index in [0.29, 0.717) is 30.5 Å². The predicted octanol–water partition coefficient (Wildman–Crippen LogP) is 2.22. The number of benzene rings is 1. The van der Waals surface area contributed by atoms with Crippen LogP contribution >= 0.6 is 11.6 Å². The summed E-state index contributed by atoms with van der Waals surface area (Å²) in [7, 11) is 1.72. The van der Waals surface area contributed by atoms with Crippen LogP contribution in [-0.2, 0) is 17.9 Å². The average molecular weight is 440 g/mol. The lowest BCUT2D eigenvalue weighted by Gasteiger charge is -2.19. The minimum Gasteiger partial charge on any atom is -0.337 e. The van der Waals surface area contributed by atoms with Crippen LogP contribution < -0.4 is 10.2 Å². The van der Waals surface area contributed by atoms with E-state index in [2.05, 4.69) is 20.5 Å². The molecule has 10 heteroatoms. The van der Waals surface area contributed by atoms with Crippen molar-refractivity contribution in [2.24, 2.45) is 0 Å². The van der Waals surface area contributed by atoms with Gasteiger partial charge in [0.05, 0.1) is 12.2 Å². The fourth-order valence-electron chi connectivity index (χ4n) is 3.81. The number of carbonyl (C=O) groups excluding carboxylic acids is 2. The average Bonchev–Trinajstić information content (AvgIpc) is 3.37. The van der Waals surface area contributed by atoms with E-state index in [1.165, 1.54) is 6.33 Å². The minimum atomic E-state index is -0.663. The smallest absolute Gasteiger partial charge is 0.291 e. The van der Waals surface area contributed by atoms with Gasteiger partial charge < -0.3 is 5.32 Å². The van der Waals surface area contributed by atoms with Crippen molar-refractivity contribution in [1.29, 1.82) is 0 Å². The van der Waals surface area contributed by atoms with Gasteiger partial charge in [-0.2, -0.15) is 5.10 Å². The number of hydrogen-bond donors (Lipinski definition) is 1. The lowest BCUT2D eigenvalue weighted by Crippen LogP contribution is -2.47. The Morgan fingerprint density at radius 2 is 2.06 bits per heavy atom. The van der Waals surface area contributed by atoms with Gasteiger partial charge in [0.15, 0.2) is 0 Å². The number of amides is 2. The first-order valence-corrected chi connectivity index (χ1v) is 10.7. The minimum absolute atomic E-state index is 0.0236. The van der Waals surface area contributed by atoms with E-state index in [0.717, 1.165) is 29.9 Å². The molecule has 0 bridgehead atoms. The fraction of sp³-hybridized carbons (Fsp3) is 0.381. The summed E-state index contributed by atoms with van der Waals surface area (Å²) in [5.74, 6) is 0.664. The number of anilines is 1. The maximum atomic E-state index is 13.0. The maximum Gasteiger partial charge on any atom is 0.291 e. The van der Waals surface area contributed by atoms with Crippen molar-refractivity contribution in [1.82, 2.24) is 29.9 Å². The second-order valence-electron chi connectivity index (χ2n) is 8.03. The molecule has 2 aliphatic rings. The van der Waals surface area contributed by atoms with Crippen LogP contribution in [0.4, 0.5) is 5.82 Å². The largest absolute Gasteiger partial charge is 0.337 e. The molecule has 0 unspecified atom stereocenters. The van der Waals surface area contributed by atoms with Crippen LogP contribution in [0.15, 0.2) is 36.7 Å². The highest BCUT2D eigenvalue weighted by Gasteiger charge is 2.34. The summed E-state index contributed by atoms with van der Waals surface area (Å²) in [5, 5.41) is 12.3. The number of halogens is 1. The van der Waals surface area contributed by atoms with Gasteiger partial charge in [0.25, 0.3) is 11.8 Å². The summed E-state index contributed by atoms with van der Waals surface area (Å²) in [6.07, 6.45) is 4.26. The van der Waals surface area contributed by atoms with Crippen molar-refractivity contribution in [2.45, 2.75) is 44.3 Å². The van der Waals surface area contributed by atoms with Crippen LogP contribution in [0, 0.1) is 0 Å². The number of aryl methyl sites for hydroxylation is 1. The quantitative estimate of drug-likeness (QED) is 0.657. The van der Waals surface area contributed by atoms with Crippen LogP contribution in [0.3, 0.4) is 0 Å². The summed E-state index contributed by atoms with van der Waals surface area (Å²) in [6, 6.07) is 8.73. The van der Waals surface area contributed by atoms with Crippen molar-refractivity contribution in [3.05, 3.63) is 58.8 Å². The number of likely N-dealkylation sites (N-methyl/N-ethyl adjacent to an activating group) is 1. The monoisotopic (exact) mass is 439 g/mol. The molecule has 160 valence electrons. The molecule has 31 heavy (non-hydrogen) atoms. The standard InChI is InChI=1S/C21H22ClN7O2/c1-27-18-10-17(14-5-6-14)25-29(18)8-7-16(21(27)31)24-20(30)19-23-12-28(26-19)11-13-3-2-4-15(22)9-13/h2-4,9-10,12,14,16H,5-8,11H2,1H3,(H,24,30)/t16-/m0/s1. The van der Waals surface area contributed by atoms with E-state index < -0.39 is 11.9 Å². The van der Waals surface area contributed by atoms with Gasteiger partial charge in [-0.25, -0.2) is 14.3 Å². The molecule has 5 rings (SSSR count). The third-order valence-corrected chi connectivity index (χ3v) is 5.89. The van der Waals surface area contributed by atoms with Crippen LogP contribution in [0.1, 0.15) is 47.1 Å². The Morgan fingerprint density at radius 3 is 2.84 bits per heavy atom. The van der Waals surface area contributed by atoms with Crippen LogP contribution in [0.2, 0.25) is 5.02 Å². The molecule has 3 heterocycles. The zero-order valence-electron chi connectivity index (χ0n) is 17.0. The molecule has 0 saturated heterocycles. The summed E-state index contributed by atoms with van der Waals surface area (Å²) >= 11 is 6.01. The number of carbonyl (C=O) groups is 2. The van der Waals surface area contributed by atoms with Crippen molar-refractivity contribution >= 4 is 29.2 Å². The molecule has 0 spiro atoms. The Kier molecular flexibility index (Phi) is 4.97. The Bertz CT molecular complexity index is 1150. The van der Waals surface area contributed by atoms with Gasteiger partial charge in [-0.15, -0.1) is 5.10 Å². The highest BCUT2D eigenvalue weighted by Crippen LogP contribution is 2.40. The molecule has 1 aliphatic heterocycles. The first kappa shape index (κ1) is 19.7. The molecule has 2 amide bonds. The number of nitrogens with zero attached hydrogens (tertiary/aromatic N) is 6. The lowest BCUT2D eigenvalue weighted by molar-refractivity contribution is -0.120. The Labute approximate surface area is 184 Å². The molecular formula is C21H22ClN7O2. The van der Waals surface area contributed by atoms with Gasteiger partial charge in [-0.3, -0.25) is 14.5 Å². The van der Waals surface area contributed by atoms with Gasteiger partial charge in [0.2, 0.25) is 5.82 Å². The summed E-state index contributed by atoms with van der Waals surface area (Å²) in [5.41, 5.74) is 2.00. The van der Waals surface area contributed by atoms with E-state index in [9.17, 15) is 9.59 Å². The van der Waals surface area contributed by atoms with Crippen LogP contribution in [0.5, 0.6) is 0 Å². The van der Waals surface area contributed by atoms with Crippen molar-refractivity contribution in [3.63, 3.8) is 0 Å². The van der Waals surface area contributed by atoms with Crippen molar-refractivity contribution < 1.29 is 9.59 Å². The molecule has 0 radical (unpaired) electrons. The lowest BCUT2D eigenvalue weighted by atomic mass is 10.2. The molecular weight excluding hydrogens is 418 g/mol. The number of hydrogen-bond acceptors (Lipinski definition) is 5. The van der Waals surface area contributed by atoms with Gasteiger partial charge in [0, 0.05) is 30.6 Å². The highest BCUT2D eigenvalue weighted by atomic mass is 35.5. The zero-order valence-corrected chi connectivity index (χ0v) is 17.8. The number of rotatable bonds is 5. The SMILES string of the molecule is CN1C(=O)[C@@H](NC(=O)c2ncn(Cc3cccc(Cl)c3)n2)CCn2nc(C3CC3)cc21. The number of fused-ring (bicyclic) bond motifs is 1. The second kappa shape index (κ2) is 7.81. The normalized spacial score (nSPS) is 18.6. The molecule has 1 saturated carbocycles. The van der Waals surface area contributed by atoms with E-state index in [1.807, 2.05) is 28.9 Å². The van der Waals surface area contributed by atoms with Gasteiger partial charge >= 0.3 is 0 Å². The molecule has 1 fully saturated rings. The number of nitrogens with one attached hydrogen (secondary N) is 1. The third-order valence-electron chi connectivity index (χ3n) is 5.65. The first-order valence-electron chi connectivity index (χ1n) is 10.3. The number of aromatic nitrogens is 5. The molecule has 1 atom stereocenters. The second-order valence-corrected chi connectivity index (χ2v) is 8.47. The summed E-state index contributed by atoms with van der Waals surface area (Å²) < 4.78 is 3.42. The van der Waals surface area contributed by atoms with Crippen LogP contribution in [-0.4, -0.2) is 49.4 Å². The van der Waals surface area contributed by atoms with Crippen molar-refractivity contribution in [3.8, 4) is 0 Å². The van der Waals surface area contributed by atoms with E-state index in [-0.39, 0.29) is 11.7 Å². The van der Waals surface area contributed by atoms with E-state index in [1.54, 1.807) is 22.7 Å². The Hall–Kier alpha value is -3.20. The molecule has 1 aliphatic carbocycles. The Balaban J connectivity index is 1.25. The van der Waals surface area contributed by atoms with Gasteiger partial charge in [-0.1, -0.05) is 23.7 Å². The van der Waals surface area contributed by atoms with Gasteiger partial charge in [-0.05, 0) is 37.0 Å². The molecule has 3 aromatic rings. The van der Waals surface area contributed by atoms with Crippen LogP contribution in [0.25, 0.3) is 0 Å². The predicted molar refractivity (Wildman–Crippen MR) is 114 cm³/mol. The summed E-state index contributed by atoms with van der Waals surface area (Å²) in [6.45, 7) is 0.996. The Morgan fingerprint density at radius 1 is 1.23 bits per heavy atom.